The second-order valence-electron chi connectivity index (χ2n) is 10.1. The van der Waals surface area contributed by atoms with Crippen molar-refractivity contribution in [1.29, 1.82) is 0 Å². The maximum atomic E-state index is 5.94. The number of benzene rings is 3. The van der Waals surface area contributed by atoms with Crippen LogP contribution in [-0.4, -0.2) is 30.1 Å². The van der Waals surface area contributed by atoms with Gasteiger partial charge in [-0.25, -0.2) is 15.0 Å². The summed E-state index contributed by atoms with van der Waals surface area (Å²) in [7, 11) is 0. The van der Waals surface area contributed by atoms with Crippen molar-refractivity contribution in [2.45, 2.75) is 34.2 Å². The summed E-state index contributed by atoms with van der Waals surface area (Å²) in [5.41, 5.74) is 22.2. The largest absolute Gasteiger partial charge is 0.368 e. The molecule has 10 heteroatoms. The number of nitrogens with two attached hydrogens (primary N) is 2. The monoisotopic (exact) mass is 577 g/mol. The molecule has 3 heterocycles. The summed E-state index contributed by atoms with van der Waals surface area (Å²) in [6.45, 7) is 8.93. The molecule has 0 aliphatic carbocycles. The average Bonchev–Trinajstić information content (AvgIpc) is 3.42. The van der Waals surface area contributed by atoms with Gasteiger partial charge in [0.05, 0.1) is 23.1 Å². The van der Waals surface area contributed by atoms with Gasteiger partial charge in [-0.3, -0.25) is 5.10 Å². The molecular formula is C32H32ClN9. The Labute approximate surface area is 249 Å². The maximum absolute atomic E-state index is 5.94. The first kappa shape index (κ1) is 28.5. The number of nitrogens with one attached hydrogen (secondary N) is 2. The van der Waals surface area contributed by atoms with Gasteiger partial charge in [-0.15, -0.1) is 0 Å². The van der Waals surface area contributed by atoms with Gasteiger partial charge in [-0.1, -0.05) is 60.1 Å². The molecule has 0 radical (unpaired) electrons. The van der Waals surface area contributed by atoms with Gasteiger partial charge in [0, 0.05) is 35.2 Å². The minimum Gasteiger partial charge on any atom is -0.368 e. The lowest BCUT2D eigenvalue weighted by molar-refractivity contribution is 1.09. The quantitative estimate of drug-likeness (QED) is 0.163. The Morgan fingerprint density at radius 2 is 1.36 bits per heavy atom. The third kappa shape index (κ3) is 6.47. The zero-order valence-electron chi connectivity index (χ0n) is 23.9. The van der Waals surface area contributed by atoms with E-state index >= 15 is 0 Å². The zero-order valence-corrected chi connectivity index (χ0v) is 24.7. The third-order valence-electron chi connectivity index (χ3n) is 7.20. The number of fused-ring (bicyclic) bond motifs is 1. The molecule has 0 bridgehead atoms. The number of nitrogen functional groups attached to an aromatic ring is 2. The summed E-state index contributed by atoms with van der Waals surface area (Å²) < 4.78 is 0. The van der Waals surface area contributed by atoms with Gasteiger partial charge >= 0.3 is 0 Å². The number of aryl methyl sites for hydroxylation is 2. The Hall–Kier alpha value is -5.02. The van der Waals surface area contributed by atoms with Gasteiger partial charge in [-0.2, -0.15) is 10.1 Å². The topological polar surface area (TPSA) is 144 Å². The predicted octanol–water partition coefficient (Wildman–Crippen LogP) is 6.83. The van der Waals surface area contributed by atoms with E-state index in [1.165, 1.54) is 22.3 Å². The van der Waals surface area contributed by atoms with Crippen LogP contribution in [0.1, 0.15) is 27.8 Å². The van der Waals surface area contributed by atoms with E-state index in [-0.39, 0.29) is 11.9 Å². The van der Waals surface area contributed by atoms with Crippen molar-refractivity contribution in [1.82, 2.24) is 30.1 Å². The Bertz CT molecular complexity index is 1860. The van der Waals surface area contributed by atoms with E-state index in [4.69, 9.17) is 23.1 Å². The fraction of sp³-hybridized carbons (Fsp3) is 0.156. The molecule has 42 heavy (non-hydrogen) atoms. The molecule has 0 saturated heterocycles. The van der Waals surface area contributed by atoms with Crippen LogP contribution >= 0.6 is 11.6 Å². The highest BCUT2D eigenvalue weighted by Gasteiger charge is 2.10. The van der Waals surface area contributed by atoms with Crippen LogP contribution in [-0.2, 0) is 6.54 Å². The third-order valence-corrected chi connectivity index (χ3v) is 7.39. The number of nitrogens with zero attached hydrogens (tertiary/aromatic N) is 5. The molecule has 0 unspecified atom stereocenters. The van der Waals surface area contributed by atoms with Crippen molar-refractivity contribution in [3.63, 3.8) is 0 Å². The van der Waals surface area contributed by atoms with Crippen molar-refractivity contribution >= 4 is 40.2 Å². The van der Waals surface area contributed by atoms with Crippen molar-refractivity contribution < 1.29 is 0 Å². The number of aromatic amines is 1. The first-order valence-corrected chi connectivity index (χ1v) is 13.8. The zero-order chi connectivity index (χ0) is 29.8. The second-order valence-corrected chi connectivity index (χ2v) is 10.5. The van der Waals surface area contributed by atoms with Crippen LogP contribution in [0.3, 0.4) is 0 Å². The van der Waals surface area contributed by atoms with E-state index in [0.717, 1.165) is 39.0 Å². The molecule has 212 valence electrons. The molecule has 0 amide bonds. The molecule has 3 aromatic carbocycles. The van der Waals surface area contributed by atoms with Gasteiger partial charge in [0.25, 0.3) is 0 Å². The summed E-state index contributed by atoms with van der Waals surface area (Å²) in [4.78, 5) is 16.8. The van der Waals surface area contributed by atoms with Gasteiger partial charge in [0.2, 0.25) is 11.9 Å². The van der Waals surface area contributed by atoms with Gasteiger partial charge in [0.1, 0.15) is 11.0 Å². The highest BCUT2D eigenvalue weighted by molar-refractivity contribution is 6.29. The number of hydrogen-bond acceptors (Lipinski definition) is 8. The van der Waals surface area contributed by atoms with Gasteiger partial charge < -0.3 is 16.8 Å². The summed E-state index contributed by atoms with van der Waals surface area (Å²) >= 11 is 5.86. The molecule has 9 nitrogen and oxygen atoms in total. The number of hydrogen-bond donors (Lipinski definition) is 4. The molecule has 0 spiro atoms. The van der Waals surface area contributed by atoms with Crippen LogP contribution in [0, 0.1) is 27.7 Å². The second kappa shape index (κ2) is 12.2. The highest BCUT2D eigenvalue weighted by Crippen LogP contribution is 2.27. The van der Waals surface area contributed by atoms with Gasteiger partial charge in [0.15, 0.2) is 0 Å². The summed E-state index contributed by atoms with van der Waals surface area (Å²) in [5, 5.41) is 11.8. The Balaban J connectivity index is 0.000000189. The van der Waals surface area contributed by atoms with Gasteiger partial charge in [-0.05, 0) is 61.6 Å². The lowest BCUT2D eigenvalue weighted by Gasteiger charge is -2.11. The molecule has 6 aromatic rings. The van der Waals surface area contributed by atoms with Crippen LogP contribution in [0.5, 0.6) is 0 Å². The first-order chi connectivity index (χ1) is 20.2. The molecule has 6 rings (SSSR count). The molecule has 0 aliphatic rings. The van der Waals surface area contributed by atoms with E-state index in [0.29, 0.717) is 17.5 Å². The van der Waals surface area contributed by atoms with E-state index in [1.807, 2.05) is 36.5 Å². The van der Waals surface area contributed by atoms with Crippen LogP contribution in [0.15, 0.2) is 72.9 Å². The Morgan fingerprint density at radius 1 is 0.738 bits per heavy atom. The normalized spacial score (nSPS) is 10.8. The van der Waals surface area contributed by atoms with Crippen LogP contribution in [0.25, 0.3) is 33.4 Å². The average molecular weight is 578 g/mol. The van der Waals surface area contributed by atoms with Crippen molar-refractivity contribution in [2.24, 2.45) is 0 Å². The smallest absolute Gasteiger partial charge is 0.222 e. The number of aromatic nitrogens is 6. The van der Waals surface area contributed by atoms with Crippen molar-refractivity contribution in [3.8, 4) is 22.5 Å². The molecule has 0 saturated carbocycles. The molecular weight excluding hydrogens is 546 g/mol. The molecule has 3 aromatic heterocycles. The number of anilines is 3. The van der Waals surface area contributed by atoms with Crippen LogP contribution < -0.4 is 16.8 Å². The number of rotatable bonds is 5. The molecule has 0 fully saturated rings. The predicted molar refractivity (Wildman–Crippen MR) is 171 cm³/mol. The summed E-state index contributed by atoms with van der Waals surface area (Å²) in [5.74, 6) is 1.16. The minimum atomic E-state index is 0.198. The SMILES string of the molecule is Cc1cccc(-c2cc(Cl)nc(N)n2)c1C.Cc1cccc(-c2cc(NCc3ccc4cn[nH]c4c3)nc(N)n2)c1C. The van der Waals surface area contributed by atoms with E-state index in [2.05, 4.69) is 93.5 Å². The fourth-order valence-electron chi connectivity index (χ4n) is 4.61. The van der Waals surface area contributed by atoms with E-state index < -0.39 is 0 Å². The minimum absolute atomic E-state index is 0.198. The number of H-pyrrole nitrogens is 1. The van der Waals surface area contributed by atoms with Crippen LogP contribution in [0.2, 0.25) is 5.15 Å². The molecule has 6 N–H and O–H groups in total. The van der Waals surface area contributed by atoms with Crippen molar-refractivity contribution in [3.05, 3.63) is 106 Å². The van der Waals surface area contributed by atoms with E-state index in [9.17, 15) is 0 Å². The first-order valence-electron chi connectivity index (χ1n) is 13.4. The highest BCUT2D eigenvalue weighted by atomic mass is 35.5. The summed E-state index contributed by atoms with van der Waals surface area (Å²) in [6, 6.07) is 22.1. The standard InChI is InChI=1S/C20H20N6.C12H12ClN3/c1-12-4-3-5-16(13(12)2)18-9-19(25-20(21)24-18)22-10-14-6-7-15-11-23-26-17(15)8-14;1-7-4-3-5-9(8(7)2)10-6-11(13)16-12(14)15-10/h3-9,11H,10H2,1-2H3,(H,23,26)(H3,21,22,24,25);3-6H,1-2H3,(H2,14,15,16). The van der Waals surface area contributed by atoms with Crippen LogP contribution in [0.4, 0.5) is 17.7 Å². The lowest BCUT2D eigenvalue weighted by atomic mass is 10.0. The maximum Gasteiger partial charge on any atom is 0.222 e. The van der Waals surface area contributed by atoms with E-state index in [1.54, 1.807) is 6.07 Å². The lowest BCUT2D eigenvalue weighted by Crippen LogP contribution is -2.05. The summed E-state index contributed by atoms with van der Waals surface area (Å²) in [6.07, 6.45) is 1.81. The van der Waals surface area contributed by atoms with Crippen molar-refractivity contribution in [2.75, 3.05) is 16.8 Å². The Kier molecular flexibility index (Phi) is 8.31. The number of halogens is 1. The molecule has 0 atom stereocenters. The Morgan fingerprint density at radius 3 is 2.00 bits per heavy atom. The fourth-order valence-corrected chi connectivity index (χ4v) is 4.80. The molecule has 0 aliphatic heterocycles.